The Morgan fingerprint density at radius 2 is 1.89 bits per heavy atom. The van der Waals surface area contributed by atoms with Gasteiger partial charge in [-0.25, -0.2) is 13.2 Å². The molecule has 0 amide bonds. The van der Waals surface area contributed by atoms with Gasteiger partial charge in [0, 0.05) is 10.6 Å². The minimum Gasteiger partial charge on any atom is -0.465 e. The lowest BCUT2D eigenvalue weighted by atomic mass is 10.2. The summed E-state index contributed by atoms with van der Waals surface area (Å²) in [6.07, 6.45) is 2.57. The fraction of sp³-hybridized carbons (Fsp3) is 0.0833. The van der Waals surface area contributed by atoms with Crippen molar-refractivity contribution in [3.63, 3.8) is 0 Å². The molecule has 0 saturated carbocycles. The number of carbonyl (C=O) groups excluding carboxylic acids is 1. The molecule has 0 aliphatic carbocycles. The van der Waals surface area contributed by atoms with E-state index in [-0.39, 0.29) is 9.81 Å². The van der Waals surface area contributed by atoms with Gasteiger partial charge in [0.15, 0.2) is 4.91 Å². The highest BCUT2D eigenvalue weighted by Crippen LogP contribution is 2.35. The Morgan fingerprint density at radius 1 is 1.22 bits per heavy atom. The molecular weight excluding hydrogens is 276 g/mol. The maximum Gasteiger partial charge on any atom is 0.349 e. The summed E-state index contributed by atoms with van der Waals surface area (Å²) in [5, 5.41) is 0.312. The first-order valence-corrected chi connectivity index (χ1v) is 6.85. The molecule has 0 bridgehead atoms. The van der Waals surface area contributed by atoms with Crippen molar-refractivity contribution in [2.45, 2.75) is 0 Å². The highest BCUT2D eigenvalue weighted by atomic mass is 35.5. The molecule has 0 N–H and O–H groups in total. The summed E-state index contributed by atoms with van der Waals surface area (Å²) in [4.78, 5) is 11.0. The van der Waals surface area contributed by atoms with E-state index in [9.17, 15) is 13.2 Å². The number of ether oxygens (including phenoxy) is 1. The molecule has 0 atom stereocenters. The summed E-state index contributed by atoms with van der Waals surface area (Å²) in [7, 11) is -2.72. The normalized spacial score (nSPS) is 17.0. The van der Waals surface area contributed by atoms with Gasteiger partial charge in [-0.2, -0.15) is 0 Å². The zero-order valence-electron chi connectivity index (χ0n) is 9.38. The molecule has 0 unspecified atom stereocenters. The molecule has 2 rings (SSSR count). The number of benzene rings is 1. The van der Waals surface area contributed by atoms with Crippen molar-refractivity contribution in [3.8, 4) is 0 Å². The number of hydrogen-bond donors (Lipinski definition) is 0. The summed E-state index contributed by atoms with van der Waals surface area (Å²) >= 11 is 5.95. The number of rotatable bonds is 2. The third-order valence-electron chi connectivity index (χ3n) is 2.49. The van der Waals surface area contributed by atoms with E-state index < -0.39 is 15.8 Å². The van der Waals surface area contributed by atoms with Crippen molar-refractivity contribution in [1.82, 2.24) is 0 Å². The van der Waals surface area contributed by atoms with E-state index in [2.05, 4.69) is 4.74 Å². The molecular formula is C12H9ClO4S. The maximum atomic E-state index is 12.1. The molecule has 1 aromatic rings. The van der Waals surface area contributed by atoms with E-state index in [1.807, 2.05) is 0 Å². The number of allylic oxidation sites excluding steroid dienone is 2. The predicted octanol–water partition coefficient (Wildman–Crippen LogP) is 2.17. The third-order valence-corrected chi connectivity index (χ3v) is 4.64. The number of carbonyl (C=O) groups is 1. The predicted molar refractivity (Wildman–Crippen MR) is 68.4 cm³/mol. The topological polar surface area (TPSA) is 60.4 Å². The zero-order chi connectivity index (χ0) is 13.3. The zero-order valence-corrected chi connectivity index (χ0v) is 11.0. The Bertz CT molecular complexity index is 671. The second kappa shape index (κ2) is 4.59. The van der Waals surface area contributed by atoms with Gasteiger partial charge in [0.05, 0.1) is 12.0 Å². The standard InChI is InChI=1S/C12H9ClO4S/c1-17-12(14)11-7-6-10(18(11,15)16)8-4-2-3-5-9(8)13/h2-7H,1H3. The van der Waals surface area contributed by atoms with Crippen LogP contribution in [0.1, 0.15) is 5.56 Å². The molecule has 6 heteroatoms. The number of esters is 1. The Hall–Kier alpha value is -1.59. The monoisotopic (exact) mass is 284 g/mol. The van der Waals surface area contributed by atoms with Gasteiger partial charge in [0.1, 0.15) is 0 Å². The molecule has 94 valence electrons. The molecule has 1 heterocycles. The van der Waals surface area contributed by atoms with Crippen LogP contribution in [0, 0.1) is 0 Å². The number of sulfone groups is 1. The number of hydrogen-bond acceptors (Lipinski definition) is 4. The van der Waals surface area contributed by atoms with Crippen LogP contribution in [0.25, 0.3) is 4.91 Å². The van der Waals surface area contributed by atoms with Crippen LogP contribution in [0.3, 0.4) is 0 Å². The van der Waals surface area contributed by atoms with E-state index in [0.29, 0.717) is 10.6 Å². The number of methoxy groups -OCH3 is 1. The lowest BCUT2D eigenvalue weighted by Gasteiger charge is -2.07. The van der Waals surface area contributed by atoms with Gasteiger partial charge in [-0.05, 0) is 18.2 Å². The minimum absolute atomic E-state index is 0.00787. The third kappa shape index (κ3) is 1.95. The van der Waals surface area contributed by atoms with Crippen molar-refractivity contribution in [2.75, 3.05) is 7.11 Å². The van der Waals surface area contributed by atoms with Gasteiger partial charge in [0.25, 0.3) is 0 Å². The molecule has 0 spiro atoms. The molecule has 1 aliphatic heterocycles. The SMILES string of the molecule is COC(=O)C1=CC=C(c2ccccc2Cl)S1(=O)=O. The van der Waals surface area contributed by atoms with E-state index in [1.54, 1.807) is 24.3 Å². The van der Waals surface area contributed by atoms with Crippen LogP contribution in [0.15, 0.2) is 41.3 Å². The first-order chi connectivity index (χ1) is 8.48. The Kier molecular flexibility index (Phi) is 3.28. The van der Waals surface area contributed by atoms with Crippen LogP contribution in [0.4, 0.5) is 0 Å². The van der Waals surface area contributed by atoms with Gasteiger partial charge >= 0.3 is 5.97 Å². The summed E-state index contributed by atoms with van der Waals surface area (Å²) in [5.41, 5.74) is 0.370. The largest absolute Gasteiger partial charge is 0.465 e. The molecule has 0 saturated heterocycles. The fourth-order valence-corrected chi connectivity index (χ4v) is 3.42. The van der Waals surface area contributed by atoms with Gasteiger partial charge in [-0.1, -0.05) is 29.8 Å². The van der Waals surface area contributed by atoms with E-state index in [4.69, 9.17) is 11.6 Å². The van der Waals surface area contributed by atoms with Gasteiger partial charge in [-0.15, -0.1) is 0 Å². The quantitative estimate of drug-likeness (QED) is 0.781. The first kappa shape index (κ1) is 12.9. The Balaban J connectivity index is 2.49. The van der Waals surface area contributed by atoms with Crippen molar-refractivity contribution < 1.29 is 17.9 Å². The fourth-order valence-electron chi connectivity index (χ4n) is 1.62. The Morgan fingerprint density at radius 3 is 2.50 bits per heavy atom. The second-order valence-corrected chi connectivity index (χ2v) is 5.83. The van der Waals surface area contributed by atoms with Crippen molar-refractivity contribution >= 4 is 32.3 Å². The van der Waals surface area contributed by atoms with Crippen LogP contribution in [0.2, 0.25) is 5.02 Å². The van der Waals surface area contributed by atoms with Gasteiger partial charge < -0.3 is 4.74 Å². The summed E-state index contributed by atoms with van der Waals surface area (Å²) in [5.74, 6) is -0.881. The summed E-state index contributed by atoms with van der Waals surface area (Å²) in [6, 6.07) is 6.54. The van der Waals surface area contributed by atoms with Crippen molar-refractivity contribution in [1.29, 1.82) is 0 Å². The maximum absolute atomic E-state index is 12.1. The van der Waals surface area contributed by atoms with Crippen LogP contribution >= 0.6 is 11.6 Å². The highest BCUT2D eigenvalue weighted by molar-refractivity contribution is 8.05. The van der Waals surface area contributed by atoms with Crippen LogP contribution in [0.5, 0.6) is 0 Å². The highest BCUT2D eigenvalue weighted by Gasteiger charge is 2.34. The molecule has 1 aromatic carbocycles. The van der Waals surface area contributed by atoms with E-state index in [1.165, 1.54) is 12.2 Å². The van der Waals surface area contributed by atoms with Crippen LogP contribution in [-0.4, -0.2) is 21.5 Å². The van der Waals surface area contributed by atoms with Crippen molar-refractivity contribution in [3.05, 3.63) is 51.9 Å². The molecule has 0 aromatic heterocycles. The molecule has 0 fully saturated rings. The van der Waals surface area contributed by atoms with E-state index in [0.717, 1.165) is 7.11 Å². The lowest BCUT2D eigenvalue weighted by molar-refractivity contribution is -0.135. The molecule has 1 aliphatic rings. The summed E-state index contributed by atoms with van der Waals surface area (Å²) < 4.78 is 28.7. The van der Waals surface area contributed by atoms with Gasteiger partial charge in [0.2, 0.25) is 9.84 Å². The smallest absolute Gasteiger partial charge is 0.349 e. The molecule has 0 radical (unpaired) electrons. The van der Waals surface area contributed by atoms with Crippen LogP contribution < -0.4 is 0 Å². The lowest BCUT2D eigenvalue weighted by Crippen LogP contribution is -2.13. The molecule has 18 heavy (non-hydrogen) atoms. The number of halogens is 1. The van der Waals surface area contributed by atoms with Crippen molar-refractivity contribution in [2.24, 2.45) is 0 Å². The molecule has 4 nitrogen and oxygen atoms in total. The Labute approximate surface area is 109 Å². The summed E-state index contributed by atoms with van der Waals surface area (Å²) in [6.45, 7) is 0. The average Bonchev–Trinajstić information content (AvgIpc) is 2.64. The second-order valence-electron chi connectivity index (χ2n) is 3.54. The van der Waals surface area contributed by atoms with E-state index >= 15 is 0 Å². The minimum atomic E-state index is -3.85. The van der Waals surface area contributed by atoms with Gasteiger partial charge in [-0.3, -0.25) is 0 Å². The first-order valence-electron chi connectivity index (χ1n) is 4.99. The van der Waals surface area contributed by atoms with Crippen LogP contribution in [-0.2, 0) is 19.4 Å². The average molecular weight is 285 g/mol.